The molecule has 8 nitrogen and oxygen atoms in total. The summed E-state index contributed by atoms with van der Waals surface area (Å²) in [6, 6.07) is 17.0. The van der Waals surface area contributed by atoms with Crippen molar-refractivity contribution in [3.63, 3.8) is 0 Å². The fourth-order valence-corrected chi connectivity index (χ4v) is 4.51. The van der Waals surface area contributed by atoms with E-state index < -0.39 is 29.2 Å². The molecule has 2 heterocycles. The fraction of sp³-hybridized carbons (Fsp3) is 0.320. The summed E-state index contributed by atoms with van der Waals surface area (Å²) >= 11 is 6.04. The van der Waals surface area contributed by atoms with E-state index in [-0.39, 0.29) is 18.9 Å². The maximum atomic E-state index is 12.7. The Bertz CT molecular complexity index is 1120. The lowest BCUT2D eigenvalue weighted by Gasteiger charge is -2.38. The van der Waals surface area contributed by atoms with Gasteiger partial charge in [-0.25, -0.2) is 4.98 Å². The number of aromatic nitrogens is 1. The van der Waals surface area contributed by atoms with Gasteiger partial charge in [0.1, 0.15) is 6.26 Å². The number of aryl methyl sites for hydroxylation is 1. The van der Waals surface area contributed by atoms with Crippen molar-refractivity contribution in [3.05, 3.63) is 89.1 Å². The summed E-state index contributed by atoms with van der Waals surface area (Å²) in [5, 5.41) is 0.636. The van der Waals surface area contributed by atoms with Crippen LogP contribution in [0.25, 0.3) is 0 Å². The Balaban J connectivity index is 1.76. The van der Waals surface area contributed by atoms with Crippen LogP contribution >= 0.6 is 11.6 Å². The first-order valence-corrected chi connectivity index (χ1v) is 11.2. The Morgan fingerprint density at radius 2 is 1.94 bits per heavy atom. The van der Waals surface area contributed by atoms with E-state index in [9.17, 15) is 9.59 Å². The van der Waals surface area contributed by atoms with Crippen molar-refractivity contribution in [1.82, 2.24) is 4.98 Å². The number of carbonyl (C=O) groups excluding carboxylic acids is 2. The summed E-state index contributed by atoms with van der Waals surface area (Å²) in [5.41, 5.74) is 6.65. The van der Waals surface area contributed by atoms with Gasteiger partial charge in [0.2, 0.25) is 0 Å². The van der Waals surface area contributed by atoms with Gasteiger partial charge in [0.05, 0.1) is 32.4 Å². The van der Waals surface area contributed by atoms with Crippen LogP contribution in [0.5, 0.6) is 0 Å². The number of hydrogen-bond donors (Lipinski definition) is 1. The van der Waals surface area contributed by atoms with Crippen molar-refractivity contribution in [2.45, 2.75) is 36.6 Å². The van der Waals surface area contributed by atoms with Crippen LogP contribution in [0.15, 0.2) is 71.5 Å². The predicted octanol–water partition coefficient (Wildman–Crippen LogP) is 3.52. The van der Waals surface area contributed by atoms with Crippen LogP contribution in [-0.4, -0.2) is 36.7 Å². The summed E-state index contributed by atoms with van der Waals surface area (Å²) < 4.78 is 22.5. The molecule has 2 N–H and O–H groups in total. The Kier molecular flexibility index (Phi) is 7.02. The molecule has 3 unspecified atom stereocenters. The molecule has 1 amide bonds. The molecular weight excluding hydrogens is 460 g/mol. The van der Waals surface area contributed by atoms with E-state index in [1.54, 1.807) is 0 Å². The van der Waals surface area contributed by atoms with Crippen molar-refractivity contribution in [2.24, 2.45) is 5.73 Å². The standard InChI is InChI=1S/C25H25ClN2O6/c1-31-21(29)15-24(18-5-3-2-4-6-18,12-11-17-7-9-19(26)10-8-17)20-16-33-25(34-20,22(27)30)23-28-13-14-32-23/h2-10,13-14,20H,11-12,15-16H2,1H3,(H2,27,30). The molecule has 178 valence electrons. The molecule has 0 bridgehead atoms. The second kappa shape index (κ2) is 9.97. The Morgan fingerprint density at radius 1 is 1.21 bits per heavy atom. The SMILES string of the molecule is COC(=O)CC(CCc1ccc(Cl)cc1)(c1ccccc1)C1COC(C(N)=O)(c2ncco2)O1. The monoisotopic (exact) mass is 484 g/mol. The largest absolute Gasteiger partial charge is 0.469 e. The van der Waals surface area contributed by atoms with Crippen LogP contribution in [0.1, 0.15) is 29.9 Å². The molecule has 0 saturated carbocycles. The highest BCUT2D eigenvalue weighted by molar-refractivity contribution is 6.30. The number of rotatable bonds is 9. The Labute approximate surface area is 202 Å². The highest BCUT2D eigenvalue weighted by Gasteiger charge is 2.58. The lowest BCUT2D eigenvalue weighted by atomic mass is 9.69. The number of amides is 1. The average molecular weight is 485 g/mol. The van der Waals surface area contributed by atoms with E-state index in [2.05, 4.69) is 4.98 Å². The molecule has 1 aliphatic rings. The third-order valence-electron chi connectivity index (χ3n) is 6.21. The zero-order chi connectivity index (χ0) is 24.2. The summed E-state index contributed by atoms with van der Waals surface area (Å²) in [6.45, 7) is -0.0160. The molecule has 0 spiro atoms. The van der Waals surface area contributed by atoms with Crippen LogP contribution in [0.3, 0.4) is 0 Å². The highest BCUT2D eigenvalue weighted by atomic mass is 35.5. The summed E-state index contributed by atoms with van der Waals surface area (Å²) in [7, 11) is 1.34. The van der Waals surface area contributed by atoms with Crippen LogP contribution in [-0.2, 0) is 41.4 Å². The molecule has 1 aromatic heterocycles. The van der Waals surface area contributed by atoms with Crippen molar-refractivity contribution >= 4 is 23.5 Å². The number of hydrogen-bond acceptors (Lipinski definition) is 7. The Morgan fingerprint density at radius 3 is 2.56 bits per heavy atom. The summed E-state index contributed by atoms with van der Waals surface area (Å²) in [5.74, 6) is -3.41. The summed E-state index contributed by atoms with van der Waals surface area (Å²) in [6.07, 6.45) is 3.03. The van der Waals surface area contributed by atoms with Gasteiger partial charge in [0.25, 0.3) is 11.8 Å². The fourth-order valence-electron chi connectivity index (χ4n) is 4.38. The number of nitrogens with zero attached hydrogens (tertiary/aromatic N) is 1. The van der Waals surface area contributed by atoms with Gasteiger partial charge in [-0.15, -0.1) is 0 Å². The quantitative estimate of drug-likeness (QED) is 0.462. The zero-order valence-corrected chi connectivity index (χ0v) is 19.4. The van der Waals surface area contributed by atoms with Crippen molar-refractivity contribution in [1.29, 1.82) is 0 Å². The van der Waals surface area contributed by atoms with Crippen LogP contribution in [0.4, 0.5) is 0 Å². The summed E-state index contributed by atoms with van der Waals surface area (Å²) in [4.78, 5) is 29.2. The number of oxazole rings is 1. The number of primary amides is 1. The lowest BCUT2D eigenvalue weighted by Crippen LogP contribution is -2.47. The lowest BCUT2D eigenvalue weighted by molar-refractivity contribution is -0.202. The maximum Gasteiger partial charge on any atom is 0.329 e. The van der Waals surface area contributed by atoms with Gasteiger partial charge >= 0.3 is 11.8 Å². The maximum absolute atomic E-state index is 12.7. The number of esters is 1. The topological polar surface area (TPSA) is 114 Å². The zero-order valence-electron chi connectivity index (χ0n) is 18.6. The molecule has 1 saturated heterocycles. The number of methoxy groups -OCH3 is 1. The average Bonchev–Trinajstić information content (AvgIpc) is 3.54. The molecule has 0 radical (unpaired) electrons. The number of nitrogens with two attached hydrogens (primary N) is 1. The van der Waals surface area contributed by atoms with Gasteiger partial charge in [-0.05, 0) is 36.1 Å². The van der Waals surface area contributed by atoms with Gasteiger partial charge in [-0.2, -0.15) is 0 Å². The van der Waals surface area contributed by atoms with E-state index in [1.807, 2.05) is 54.6 Å². The first-order valence-electron chi connectivity index (χ1n) is 10.8. The second-order valence-electron chi connectivity index (χ2n) is 8.14. The Hall–Kier alpha value is -3.20. The van der Waals surface area contributed by atoms with Gasteiger partial charge in [0, 0.05) is 10.4 Å². The molecule has 1 aliphatic heterocycles. The molecule has 3 aromatic rings. The van der Waals surface area contributed by atoms with Gasteiger partial charge in [-0.1, -0.05) is 54.1 Å². The third-order valence-corrected chi connectivity index (χ3v) is 6.46. The molecule has 4 rings (SSSR count). The van der Waals surface area contributed by atoms with E-state index in [4.69, 9.17) is 36.0 Å². The van der Waals surface area contributed by atoms with Crippen LogP contribution in [0.2, 0.25) is 5.02 Å². The molecule has 3 atom stereocenters. The van der Waals surface area contributed by atoms with Gasteiger partial charge < -0.3 is 24.4 Å². The van der Waals surface area contributed by atoms with Crippen molar-refractivity contribution in [2.75, 3.05) is 13.7 Å². The van der Waals surface area contributed by atoms with E-state index >= 15 is 0 Å². The molecule has 2 aromatic carbocycles. The van der Waals surface area contributed by atoms with E-state index in [0.29, 0.717) is 17.9 Å². The molecule has 1 fully saturated rings. The number of halogens is 1. The first-order chi connectivity index (χ1) is 16.4. The highest BCUT2D eigenvalue weighted by Crippen LogP contribution is 2.46. The van der Waals surface area contributed by atoms with Crippen molar-refractivity contribution in [3.8, 4) is 0 Å². The normalized spacial score (nSPS) is 21.6. The smallest absolute Gasteiger partial charge is 0.329 e. The van der Waals surface area contributed by atoms with E-state index in [1.165, 1.54) is 19.6 Å². The minimum Gasteiger partial charge on any atom is -0.469 e. The van der Waals surface area contributed by atoms with Crippen molar-refractivity contribution < 1.29 is 28.2 Å². The number of ether oxygens (including phenoxy) is 3. The van der Waals surface area contributed by atoms with Gasteiger partial charge in [-0.3, -0.25) is 9.59 Å². The molecular formula is C25H25ClN2O6. The van der Waals surface area contributed by atoms with Crippen LogP contribution in [0, 0.1) is 0 Å². The number of benzene rings is 2. The third kappa shape index (κ3) is 4.57. The molecule has 0 aliphatic carbocycles. The minimum absolute atomic E-state index is 0.00441. The first kappa shape index (κ1) is 23.9. The second-order valence-corrected chi connectivity index (χ2v) is 8.57. The predicted molar refractivity (Wildman–Crippen MR) is 123 cm³/mol. The van der Waals surface area contributed by atoms with Gasteiger partial charge in [0.15, 0.2) is 0 Å². The van der Waals surface area contributed by atoms with E-state index in [0.717, 1.165) is 11.1 Å². The molecule has 9 heteroatoms. The number of carbonyl (C=O) groups is 2. The van der Waals surface area contributed by atoms with Crippen LogP contribution < -0.4 is 5.73 Å². The molecule has 34 heavy (non-hydrogen) atoms. The minimum atomic E-state index is -2.00.